The van der Waals surface area contributed by atoms with E-state index in [1.165, 1.54) is 0 Å². The van der Waals surface area contributed by atoms with Gasteiger partial charge in [0.15, 0.2) is 5.78 Å². The lowest BCUT2D eigenvalue weighted by atomic mass is 10.1. The number of rotatable bonds is 8. The van der Waals surface area contributed by atoms with E-state index in [1.54, 1.807) is 6.92 Å². The number of Topliss-reactive ketones (excluding diaryl/α,β-unsaturated/α-hetero) is 1. The number of ether oxygens (including phenoxy) is 1. The Labute approximate surface area is 143 Å². The molecule has 1 heterocycles. The van der Waals surface area contributed by atoms with E-state index in [9.17, 15) is 9.59 Å². The average molecular weight is 333 g/mol. The van der Waals surface area contributed by atoms with Crippen molar-refractivity contribution < 1.29 is 14.3 Å². The summed E-state index contributed by atoms with van der Waals surface area (Å²) in [7, 11) is 0. The second-order valence-electron chi connectivity index (χ2n) is 5.91. The molecule has 0 spiro atoms. The van der Waals surface area contributed by atoms with E-state index in [1.807, 2.05) is 35.3 Å². The number of hydrogen-bond donors (Lipinski definition) is 1. The van der Waals surface area contributed by atoms with Gasteiger partial charge in [-0.2, -0.15) is 0 Å². The third-order valence-corrected chi connectivity index (χ3v) is 4.12. The smallest absolute Gasteiger partial charge is 0.421 e. The SMILES string of the molecule is CCOC(=O)NN1CCN(CCCCC(=O)c2ccccc2)CC1. The minimum Gasteiger partial charge on any atom is -0.449 e. The summed E-state index contributed by atoms with van der Waals surface area (Å²) in [6.45, 7) is 6.59. The Morgan fingerprint density at radius 2 is 1.79 bits per heavy atom. The number of carbonyl (C=O) groups is 2. The molecule has 0 atom stereocenters. The molecule has 6 nitrogen and oxygen atoms in total. The van der Waals surface area contributed by atoms with Gasteiger partial charge in [0.1, 0.15) is 0 Å². The lowest BCUT2D eigenvalue weighted by Crippen LogP contribution is -2.53. The Bertz CT molecular complexity index is 514. The summed E-state index contributed by atoms with van der Waals surface area (Å²) in [5.41, 5.74) is 3.54. The van der Waals surface area contributed by atoms with Crippen LogP contribution < -0.4 is 5.43 Å². The number of carbonyl (C=O) groups excluding carboxylic acids is 2. The normalized spacial score (nSPS) is 15.9. The molecule has 1 fully saturated rings. The molecular formula is C18H27N3O3. The predicted octanol–water partition coefficient (Wildman–Crippen LogP) is 2.32. The van der Waals surface area contributed by atoms with Crippen molar-refractivity contribution >= 4 is 11.9 Å². The maximum Gasteiger partial charge on any atom is 0.421 e. The van der Waals surface area contributed by atoms with Crippen LogP contribution in [0.2, 0.25) is 0 Å². The van der Waals surface area contributed by atoms with Gasteiger partial charge < -0.3 is 9.64 Å². The number of unbranched alkanes of at least 4 members (excludes halogenated alkanes) is 1. The Balaban J connectivity index is 1.56. The molecule has 6 heteroatoms. The highest BCUT2D eigenvalue weighted by Crippen LogP contribution is 2.08. The first-order valence-corrected chi connectivity index (χ1v) is 8.68. The molecule has 1 aromatic rings. The van der Waals surface area contributed by atoms with Gasteiger partial charge in [-0.25, -0.2) is 9.80 Å². The summed E-state index contributed by atoms with van der Waals surface area (Å²) in [6, 6.07) is 9.47. The maximum absolute atomic E-state index is 12.0. The summed E-state index contributed by atoms with van der Waals surface area (Å²) in [4.78, 5) is 25.8. The van der Waals surface area contributed by atoms with Gasteiger partial charge in [-0.1, -0.05) is 30.3 Å². The van der Waals surface area contributed by atoms with E-state index in [0.29, 0.717) is 13.0 Å². The quantitative estimate of drug-likeness (QED) is 0.584. The van der Waals surface area contributed by atoms with Crippen LogP contribution >= 0.6 is 0 Å². The maximum atomic E-state index is 12.0. The van der Waals surface area contributed by atoms with Crippen molar-refractivity contribution in [2.24, 2.45) is 0 Å². The molecule has 2 rings (SSSR count). The van der Waals surface area contributed by atoms with Crippen molar-refractivity contribution in [2.75, 3.05) is 39.3 Å². The standard InChI is InChI=1S/C18H27N3O3/c1-2-24-18(23)19-21-14-12-20(13-15-21)11-7-6-10-17(22)16-8-4-3-5-9-16/h3-5,8-9H,2,6-7,10-15H2,1H3,(H,19,23). The van der Waals surface area contributed by atoms with Gasteiger partial charge in [-0.15, -0.1) is 0 Å². The first-order chi connectivity index (χ1) is 11.7. The van der Waals surface area contributed by atoms with Gasteiger partial charge >= 0.3 is 6.09 Å². The molecule has 1 saturated heterocycles. The molecular weight excluding hydrogens is 306 g/mol. The Hall–Kier alpha value is -1.92. The number of benzene rings is 1. The topological polar surface area (TPSA) is 61.9 Å². The van der Waals surface area contributed by atoms with Crippen LogP contribution in [-0.4, -0.2) is 61.1 Å². The monoisotopic (exact) mass is 333 g/mol. The number of hydrogen-bond acceptors (Lipinski definition) is 5. The van der Waals surface area contributed by atoms with Crippen molar-refractivity contribution in [3.63, 3.8) is 0 Å². The first kappa shape index (κ1) is 18.4. The summed E-state index contributed by atoms with van der Waals surface area (Å²) in [6.07, 6.45) is 2.15. The van der Waals surface area contributed by atoms with E-state index >= 15 is 0 Å². The Kier molecular flexibility index (Phi) is 7.71. The second-order valence-corrected chi connectivity index (χ2v) is 5.91. The number of nitrogens with zero attached hydrogens (tertiary/aromatic N) is 2. The molecule has 1 N–H and O–H groups in total. The molecule has 1 aliphatic heterocycles. The molecule has 0 bridgehead atoms. The zero-order chi connectivity index (χ0) is 17.2. The van der Waals surface area contributed by atoms with Crippen LogP contribution in [0.1, 0.15) is 36.5 Å². The van der Waals surface area contributed by atoms with Crippen molar-refractivity contribution in [1.29, 1.82) is 0 Å². The third kappa shape index (κ3) is 6.29. The molecule has 132 valence electrons. The van der Waals surface area contributed by atoms with Gasteiger partial charge in [0.25, 0.3) is 0 Å². The lowest BCUT2D eigenvalue weighted by Gasteiger charge is -2.34. The van der Waals surface area contributed by atoms with Crippen molar-refractivity contribution in [3.8, 4) is 0 Å². The van der Waals surface area contributed by atoms with Gasteiger partial charge in [-0.05, 0) is 26.3 Å². The lowest BCUT2D eigenvalue weighted by molar-refractivity contribution is 0.0703. The molecule has 1 aliphatic rings. The van der Waals surface area contributed by atoms with Crippen LogP contribution in [0.3, 0.4) is 0 Å². The summed E-state index contributed by atoms with van der Waals surface area (Å²) in [5, 5.41) is 1.90. The highest BCUT2D eigenvalue weighted by molar-refractivity contribution is 5.95. The van der Waals surface area contributed by atoms with Gasteiger partial charge in [-0.3, -0.25) is 10.2 Å². The number of amides is 1. The number of piperazine rings is 1. The first-order valence-electron chi connectivity index (χ1n) is 8.68. The fraction of sp³-hybridized carbons (Fsp3) is 0.556. The van der Waals surface area contributed by atoms with Gasteiger partial charge in [0, 0.05) is 38.2 Å². The number of nitrogens with one attached hydrogen (secondary N) is 1. The van der Waals surface area contributed by atoms with E-state index in [4.69, 9.17) is 4.74 Å². The summed E-state index contributed by atoms with van der Waals surface area (Å²) >= 11 is 0. The number of hydrazine groups is 1. The zero-order valence-corrected chi connectivity index (χ0v) is 14.4. The van der Waals surface area contributed by atoms with E-state index in [2.05, 4.69) is 10.3 Å². The second kappa shape index (κ2) is 10.1. The minimum atomic E-state index is -0.384. The fourth-order valence-corrected chi connectivity index (χ4v) is 2.77. The molecule has 0 aliphatic carbocycles. The van der Waals surface area contributed by atoms with Crippen LogP contribution in [0.15, 0.2) is 30.3 Å². The van der Waals surface area contributed by atoms with Crippen molar-refractivity contribution in [1.82, 2.24) is 15.3 Å². The summed E-state index contributed by atoms with van der Waals surface area (Å²) < 4.78 is 4.87. The van der Waals surface area contributed by atoms with Crippen LogP contribution in [0.25, 0.3) is 0 Å². The zero-order valence-electron chi connectivity index (χ0n) is 14.4. The molecule has 0 saturated carbocycles. The van der Waals surface area contributed by atoms with Gasteiger partial charge in [0.2, 0.25) is 0 Å². The van der Waals surface area contributed by atoms with Gasteiger partial charge in [0.05, 0.1) is 6.61 Å². The fourth-order valence-electron chi connectivity index (χ4n) is 2.77. The van der Waals surface area contributed by atoms with Crippen LogP contribution in [-0.2, 0) is 4.74 Å². The minimum absolute atomic E-state index is 0.221. The highest BCUT2D eigenvalue weighted by Gasteiger charge is 2.18. The molecule has 0 radical (unpaired) electrons. The molecule has 24 heavy (non-hydrogen) atoms. The number of ketones is 1. The molecule has 0 unspecified atom stereocenters. The van der Waals surface area contributed by atoms with Crippen molar-refractivity contribution in [2.45, 2.75) is 26.2 Å². The van der Waals surface area contributed by atoms with E-state index < -0.39 is 0 Å². The van der Waals surface area contributed by atoms with Crippen LogP contribution in [0.4, 0.5) is 4.79 Å². The summed E-state index contributed by atoms with van der Waals surface area (Å²) in [5.74, 6) is 0.221. The molecule has 1 amide bonds. The average Bonchev–Trinajstić information content (AvgIpc) is 2.61. The van der Waals surface area contributed by atoms with Crippen LogP contribution in [0, 0.1) is 0 Å². The van der Waals surface area contributed by atoms with E-state index in [0.717, 1.165) is 51.1 Å². The largest absolute Gasteiger partial charge is 0.449 e. The highest BCUT2D eigenvalue weighted by atomic mass is 16.6. The Morgan fingerprint density at radius 1 is 1.08 bits per heavy atom. The molecule has 1 aromatic carbocycles. The van der Waals surface area contributed by atoms with Crippen molar-refractivity contribution in [3.05, 3.63) is 35.9 Å². The van der Waals surface area contributed by atoms with Crippen LogP contribution in [0.5, 0.6) is 0 Å². The molecule has 0 aromatic heterocycles. The Morgan fingerprint density at radius 3 is 2.46 bits per heavy atom. The van der Waals surface area contributed by atoms with E-state index in [-0.39, 0.29) is 11.9 Å². The third-order valence-electron chi connectivity index (χ3n) is 4.12. The predicted molar refractivity (Wildman–Crippen MR) is 92.8 cm³/mol.